The molecule has 0 bridgehead atoms. The first-order valence-electron chi connectivity index (χ1n) is 9.12. The number of halogens is 1. The van der Waals surface area contributed by atoms with E-state index in [1.54, 1.807) is 12.1 Å². The lowest BCUT2D eigenvalue weighted by Crippen LogP contribution is -1.88. The maximum absolute atomic E-state index is 11.2. The Morgan fingerprint density at radius 1 is 1.00 bits per heavy atom. The van der Waals surface area contributed by atoms with Crippen molar-refractivity contribution < 1.29 is 10.0 Å². The second-order valence-corrected chi connectivity index (χ2v) is 7.71. The molecule has 0 aliphatic carbocycles. The quantitative estimate of drug-likeness (QED) is 0.148. The molecule has 1 heterocycles. The second kappa shape index (κ2) is 9.41. The van der Waals surface area contributed by atoms with Crippen LogP contribution in [0.4, 0.5) is 22.2 Å². The van der Waals surface area contributed by atoms with Crippen LogP contribution in [0.2, 0.25) is 5.02 Å². The van der Waals surface area contributed by atoms with E-state index in [2.05, 4.69) is 25.4 Å². The average molecular weight is 465 g/mol. The molecule has 0 saturated carbocycles. The molecule has 0 fully saturated rings. The summed E-state index contributed by atoms with van der Waals surface area (Å²) in [6.45, 7) is 0. The van der Waals surface area contributed by atoms with Crippen LogP contribution in [-0.4, -0.2) is 26.4 Å². The van der Waals surface area contributed by atoms with Crippen LogP contribution in [-0.2, 0) is 0 Å². The minimum Gasteiger partial charge on any atom is -0.505 e. The molecule has 0 aliphatic heterocycles. The summed E-state index contributed by atoms with van der Waals surface area (Å²) in [6.07, 6.45) is 1.44. The van der Waals surface area contributed by atoms with Crippen molar-refractivity contribution in [3.05, 3.63) is 87.4 Å². The number of aliphatic imine (C=N–C) groups is 1. The number of benzene rings is 3. The van der Waals surface area contributed by atoms with E-state index in [0.29, 0.717) is 10.7 Å². The Morgan fingerprint density at radius 2 is 1.78 bits per heavy atom. The van der Waals surface area contributed by atoms with Gasteiger partial charge in [0.25, 0.3) is 5.69 Å². The summed E-state index contributed by atoms with van der Waals surface area (Å²) in [7, 11) is 0. The van der Waals surface area contributed by atoms with Crippen LogP contribution >= 0.6 is 22.9 Å². The first-order chi connectivity index (χ1) is 15.5. The molecule has 158 valence electrons. The lowest BCUT2D eigenvalue weighted by atomic mass is 10.2. The summed E-state index contributed by atoms with van der Waals surface area (Å²) in [5, 5.41) is 39.1. The largest absolute Gasteiger partial charge is 0.505 e. The normalized spacial score (nSPS) is 11.4. The zero-order valence-corrected chi connectivity index (χ0v) is 17.7. The summed E-state index contributed by atoms with van der Waals surface area (Å²) in [5.41, 5.74) is 1.17. The Hall–Kier alpha value is -4.02. The Bertz CT molecular complexity index is 1340. The van der Waals surface area contributed by atoms with Crippen LogP contribution in [0.1, 0.15) is 5.56 Å². The average Bonchev–Trinajstić information content (AvgIpc) is 3.28. The highest BCUT2D eigenvalue weighted by Crippen LogP contribution is 2.35. The van der Waals surface area contributed by atoms with Crippen molar-refractivity contribution in [3.63, 3.8) is 0 Å². The molecule has 9 nitrogen and oxygen atoms in total. The van der Waals surface area contributed by atoms with Crippen LogP contribution in [0.25, 0.3) is 10.6 Å². The molecular formula is C21H13ClN6O3S. The molecule has 1 aromatic heterocycles. The molecule has 0 amide bonds. The Labute approximate surface area is 190 Å². The third kappa shape index (κ3) is 4.82. The highest BCUT2D eigenvalue weighted by molar-refractivity contribution is 7.18. The van der Waals surface area contributed by atoms with Crippen LogP contribution in [0.5, 0.6) is 5.75 Å². The first-order valence-corrected chi connectivity index (χ1v) is 10.3. The number of nitro benzene ring substituents is 1. The minimum atomic E-state index is -0.602. The van der Waals surface area contributed by atoms with Gasteiger partial charge in [-0.2, -0.15) is 0 Å². The molecule has 0 aliphatic rings. The van der Waals surface area contributed by atoms with Gasteiger partial charge in [0.1, 0.15) is 10.7 Å². The van der Waals surface area contributed by atoms with Gasteiger partial charge in [-0.05, 0) is 24.3 Å². The number of phenols is 1. The second-order valence-electron chi connectivity index (χ2n) is 6.32. The monoisotopic (exact) mass is 464 g/mol. The molecule has 0 unspecified atom stereocenters. The van der Waals surface area contributed by atoms with Gasteiger partial charge in [0.15, 0.2) is 11.4 Å². The Morgan fingerprint density at radius 3 is 2.56 bits per heavy atom. The Balaban J connectivity index is 1.57. The number of nitro groups is 1. The third-order valence-corrected chi connectivity index (χ3v) is 5.31. The van der Waals surface area contributed by atoms with E-state index in [1.807, 2.05) is 30.3 Å². The van der Waals surface area contributed by atoms with Crippen LogP contribution in [0.3, 0.4) is 0 Å². The van der Waals surface area contributed by atoms with Gasteiger partial charge in [0.05, 0.1) is 4.92 Å². The molecule has 4 aromatic rings. The van der Waals surface area contributed by atoms with E-state index >= 15 is 0 Å². The predicted molar refractivity (Wildman–Crippen MR) is 123 cm³/mol. The van der Waals surface area contributed by atoms with Gasteiger partial charge in [-0.15, -0.1) is 20.4 Å². The number of nitrogens with zero attached hydrogens (tertiary/aromatic N) is 6. The summed E-state index contributed by atoms with van der Waals surface area (Å²) in [5.74, 6) is -0.176. The van der Waals surface area contributed by atoms with Crippen LogP contribution < -0.4 is 0 Å². The fourth-order valence-electron chi connectivity index (χ4n) is 2.66. The van der Waals surface area contributed by atoms with E-state index in [-0.39, 0.29) is 27.8 Å². The number of rotatable bonds is 6. The molecule has 32 heavy (non-hydrogen) atoms. The molecule has 0 radical (unpaired) electrons. The van der Waals surface area contributed by atoms with Gasteiger partial charge < -0.3 is 5.11 Å². The van der Waals surface area contributed by atoms with Gasteiger partial charge in [-0.25, -0.2) is 4.99 Å². The molecule has 11 heteroatoms. The van der Waals surface area contributed by atoms with Crippen molar-refractivity contribution in [1.82, 2.24) is 10.2 Å². The molecular weight excluding hydrogens is 452 g/mol. The zero-order valence-electron chi connectivity index (χ0n) is 16.2. The Kier molecular flexibility index (Phi) is 6.24. The van der Waals surface area contributed by atoms with Crippen molar-refractivity contribution in [2.24, 2.45) is 15.2 Å². The fourth-order valence-corrected chi connectivity index (χ4v) is 3.52. The molecule has 1 N–H and O–H groups in total. The third-order valence-electron chi connectivity index (χ3n) is 4.19. The summed E-state index contributed by atoms with van der Waals surface area (Å²) >= 11 is 7.12. The van der Waals surface area contributed by atoms with Gasteiger partial charge in [-0.1, -0.05) is 59.3 Å². The fraction of sp³-hybridized carbons (Fsp3) is 0. The topological polar surface area (TPSA) is 126 Å². The molecule has 3 aromatic carbocycles. The van der Waals surface area contributed by atoms with Crippen molar-refractivity contribution in [3.8, 4) is 16.3 Å². The number of aromatic nitrogens is 2. The first kappa shape index (κ1) is 21.2. The highest BCUT2D eigenvalue weighted by Gasteiger charge is 2.14. The standard InChI is InChI=1S/C21H13ClN6O3S/c22-15-9-10-16(18(11-15)28(30)31)24-25-17-8-4-7-14(19(17)29)12-23-21-27-26-20(32-21)13-5-2-1-3-6-13/h1-12,29H/b23-12+,25-24?. The van der Waals surface area contributed by atoms with E-state index < -0.39 is 4.92 Å². The zero-order chi connectivity index (χ0) is 22.5. The van der Waals surface area contributed by atoms with E-state index in [4.69, 9.17) is 11.6 Å². The van der Waals surface area contributed by atoms with Crippen molar-refractivity contribution in [2.75, 3.05) is 0 Å². The number of hydrogen-bond acceptors (Lipinski definition) is 9. The maximum Gasteiger partial charge on any atom is 0.298 e. The summed E-state index contributed by atoms with van der Waals surface area (Å²) in [4.78, 5) is 14.9. The lowest BCUT2D eigenvalue weighted by Gasteiger charge is -2.02. The molecule has 4 rings (SSSR count). The van der Waals surface area contributed by atoms with Gasteiger partial charge >= 0.3 is 0 Å². The number of phenolic OH excluding ortho intramolecular Hbond substituents is 1. The molecule has 0 saturated heterocycles. The number of azo groups is 1. The lowest BCUT2D eigenvalue weighted by molar-refractivity contribution is -0.384. The van der Waals surface area contributed by atoms with E-state index in [1.165, 1.54) is 41.8 Å². The number of aromatic hydroxyl groups is 1. The smallest absolute Gasteiger partial charge is 0.298 e. The molecule has 0 atom stereocenters. The SMILES string of the molecule is O=[N+]([O-])c1cc(Cl)ccc1N=Nc1cccc(/C=N/c2nnc(-c3ccccc3)s2)c1O. The highest BCUT2D eigenvalue weighted by atomic mass is 35.5. The maximum atomic E-state index is 11.2. The summed E-state index contributed by atoms with van der Waals surface area (Å²) < 4.78 is 0. The predicted octanol–water partition coefficient (Wildman–Crippen LogP) is 6.64. The minimum absolute atomic E-state index is 0.0140. The van der Waals surface area contributed by atoms with Crippen molar-refractivity contribution in [2.45, 2.75) is 0 Å². The molecule has 0 spiro atoms. The van der Waals surface area contributed by atoms with Gasteiger partial charge in [-0.3, -0.25) is 10.1 Å². The number of para-hydroxylation sites is 1. The van der Waals surface area contributed by atoms with Crippen molar-refractivity contribution >= 4 is 51.3 Å². The van der Waals surface area contributed by atoms with Crippen molar-refractivity contribution in [1.29, 1.82) is 0 Å². The van der Waals surface area contributed by atoms with Crippen LogP contribution in [0, 0.1) is 10.1 Å². The van der Waals surface area contributed by atoms with Gasteiger partial charge in [0.2, 0.25) is 5.13 Å². The van der Waals surface area contributed by atoms with E-state index in [9.17, 15) is 15.2 Å². The van der Waals surface area contributed by atoms with Crippen LogP contribution in [0.15, 0.2) is 82.0 Å². The van der Waals surface area contributed by atoms with E-state index in [0.717, 1.165) is 10.6 Å². The number of hydrogen-bond donors (Lipinski definition) is 1. The summed E-state index contributed by atoms with van der Waals surface area (Å²) in [6, 6.07) is 18.5. The van der Waals surface area contributed by atoms with Gasteiger partial charge in [0, 0.05) is 28.4 Å².